The summed E-state index contributed by atoms with van der Waals surface area (Å²) in [6.45, 7) is 4.41. The van der Waals surface area contributed by atoms with Crippen LogP contribution in [0.15, 0.2) is 22.7 Å². The van der Waals surface area contributed by atoms with Crippen LogP contribution in [0.3, 0.4) is 0 Å². The third-order valence-electron chi connectivity index (χ3n) is 3.69. The lowest BCUT2D eigenvalue weighted by Crippen LogP contribution is -2.40. The highest BCUT2D eigenvalue weighted by atomic mass is 79.9. The molecule has 1 aromatic carbocycles. The summed E-state index contributed by atoms with van der Waals surface area (Å²) in [5.74, 6) is 0.955. The molecule has 2 N–H and O–H groups in total. The minimum absolute atomic E-state index is 0.0814. The van der Waals surface area contributed by atoms with Gasteiger partial charge in [-0.05, 0) is 38.0 Å². The number of rotatable bonds is 4. The van der Waals surface area contributed by atoms with Gasteiger partial charge in [0, 0.05) is 22.5 Å². The predicted molar refractivity (Wildman–Crippen MR) is 78.9 cm³/mol. The molecule has 1 heterocycles. The zero-order valence-corrected chi connectivity index (χ0v) is 12.8. The van der Waals surface area contributed by atoms with Gasteiger partial charge in [-0.1, -0.05) is 35.7 Å². The highest BCUT2D eigenvalue weighted by Gasteiger charge is 2.35. The number of halogens is 1. The van der Waals surface area contributed by atoms with Gasteiger partial charge in [0.15, 0.2) is 0 Å². The quantitative estimate of drug-likeness (QED) is 0.827. The maximum absolute atomic E-state index is 6.29. The molecule has 0 amide bonds. The molecule has 3 heteroatoms. The smallest absolute Gasteiger partial charge is 0.124 e. The molecule has 1 aromatic rings. The number of nitrogens with two attached hydrogens (primary N) is 1. The molecule has 0 spiro atoms. The van der Waals surface area contributed by atoms with Crippen LogP contribution in [0.5, 0.6) is 5.75 Å². The van der Waals surface area contributed by atoms with E-state index in [4.69, 9.17) is 10.5 Å². The van der Waals surface area contributed by atoms with E-state index in [1.165, 1.54) is 19.3 Å². The summed E-state index contributed by atoms with van der Waals surface area (Å²) >= 11 is 3.49. The first kappa shape index (κ1) is 13.9. The van der Waals surface area contributed by atoms with Gasteiger partial charge in [-0.15, -0.1) is 0 Å². The van der Waals surface area contributed by atoms with Crippen LogP contribution >= 0.6 is 15.9 Å². The van der Waals surface area contributed by atoms with Crippen molar-refractivity contribution >= 4 is 15.9 Å². The minimum Gasteiger partial charge on any atom is -0.487 e. The number of unbranched alkanes of at least 4 members (excludes halogenated alkanes) is 2. The summed E-state index contributed by atoms with van der Waals surface area (Å²) < 4.78 is 7.26. The van der Waals surface area contributed by atoms with E-state index in [0.29, 0.717) is 0 Å². The van der Waals surface area contributed by atoms with Gasteiger partial charge in [-0.3, -0.25) is 0 Å². The number of benzene rings is 1. The van der Waals surface area contributed by atoms with Gasteiger partial charge in [-0.25, -0.2) is 0 Å². The van der Waals surface area contributed by atoms with Crippen LogP contribution in [0.2, 0.25) is 0 Å². The first-order chi connectivity index (χ1) is 8.54. The van der Waals surface area contributed by atoms with Crippen LogP contribution in [-0.2, 0) is 0 Å². The number of hydrogen-bond acceptors (Lipinski definition) is 2. The van der Waals surface area contributed by atoms with E-state index in [-0.39, 0.29) is 11.6 Å². The average Bonchev–Trinajstić information content (AvgIpc) is 2.31. The van der Waals surface area contributed by atoms with Gasteiger partial charge < -0.3 is 10.5 Å². The Labute approximate surface area is 118 Å². The SMILES string of the molecule is CCCCCC1(C)C[C@@H](N)c2cc(Br)ccc2O1. The molecule has 0 aliphatic carbocycles. The van der Waals surface area contributed by atoms with E-state index in [9.17, 15) is 0 Å². The van der Waals surface area contributed by atoms with Gasteiger partial charge in [0.25, 0.3) is 0 Å². The van der Waals surface area contributed by atoms with Gasteiger partial charge in [-0.2, -0.15) is 0 Å². The molecule has 100 valence electrons. The summed E-state index contributed by atoms with van der Waals surface area (Å²) in [6, 6.07) is 6.20. The highest BCUT2D eigenvalue weighted by Crippen LogP contribution is 2.41. The molecule has 1 aliphatic heterocycles. The second-order valence-corrected chi connectivity index (χ2v) is 6.42. The summed E-state index contributed by atoms with van der Waals surface area (Å²) in [5, 5.41) is 0. The first-order valence-corrected chi connectivity index (χ1v) is 7.57. The van der Waals surface area contributed by atoms with Gasteiger partial charge in [0.1, 0.15) is 11.4 Å². The Morgan fingerprint density at radius 3 is 2.94 bits per heavy atom. The Bertz CT molecular complexity index is 421. The van der Waals surface area contributed by atoms with Crippen LogP contribution < -0.4 is 10.5 Å². The Balaban J connectivity index is 2.14. The van der Waals surface area contributed by atoms with E-state index in [2.05, 4.69) is 35.8 Å². The Hall–Kier alpha value is -0.540. The van der Waals surface area contributed by atoms with Crippen molar-refractivity contribution in [3.63, 3.8) is 0 Å². The Morgan fingerprint density at radius 1 is 1.44 bits per heavy atom. The van der Waals surface area contributed by atoms with Gasteiger partial charge >= 0.3 is 0 Å². The van der Waals surface area contributed by atoms with E-state index in [1.54, 1.807) is 0 Å². The fourth-order valence-corrected chi connectivity index (χ4v) is 3.07. The van der Waals surface area contributed by atoms with Crippen molar-refractivity contribution in [3.05, 3.63) is 28.2 Å². The molecular weight excluding hydrogens is 290 g/mol. The van der Waals surface area contributed by atoms with Crippen LogP contribution in [-0.4, -0.2) is 5.60 Å². The van der Waals surface area contributed by atoms with E-state index in [1.807, 2.05) is 12.1 Å². The van der Waals surface area contributed by atoms with E-state index >= 15 is 0 Å². The van der Waals surface area contributed by atoms with E-state index in [0.717, 1.165) is 28.6 Å². The third kappa shape index (κ3) is 3.07. The second kappa shape index (κ2) is 5.62. The zero-order chi connectivity index (χ0) is 13.2. The molecule has 0 bridgehead atoms. The van der Waals surface area contributed by atoms with Crippen LogP contribution in [0, 0.1) is 0 Å². The lowest BCUT2D eigenvalue weighted by atomic mass is 9.85. The van der Waals surface area contributed by atoms with Crippen LogP contribution in [0.25, 0.3) is 0 Å². The monoisotopic (exact) mass is 311 g/mol. The molecule has 0 saturated heterocycles. The molecule has 2 nitrogen and oxygen atoms in total. The Kier molecular flexibility index (Phi) is 4.33. The first-order valence-electron chi connectivity index (χ1n) is 6.78. The minimum atomic E-state index is -0.102. The topological polar surface area (TPSA) is 35.2 Å². The lowest BCUT2D eigenvalue weighted by Gasteiger charge is -2.39. The fraction of sp³-hybridized carbons (Fsp3) is 0.600. The molecule has 0 fully saturated rings. The standard InChI is InChI=1S/C15H22BrNO/c1-3-4-5-8-15(2)10-13(17)12-9-11(16)6-7-14(12)18-15/h6-7,9,13H,3-5,8,10,17H2,1-2H3/t13-,15?/m1/s1. The molecule has 1 aliphatic rings. The zero-order valence-electron chi connectivity index (χ0n) is 11.2. The molecule has 2 atom stereocenters. The van der Waals surface area contributed by atoms with Crippen LogP contribution in [0.4, 0.5) is 0 Å². The number of fused-ring (bicyclic) bond motifs is 1. The summed E-state index contributed by atoms with van der Waals surface area (Å²) in [5.41, 5.74) is 7.32. The number of hydrogen-bond donors (Lipinski definition) is 1. The van der Waals surface area contributed by atoms with Crippen molar-refractivity contribution in [2.24, 2.45) is 5.73 Å². The maximum atomic E-state index is 6.29. The van der Waals surface area contributed by atoms with E-state index < -0.39 is 0 Å². The summed E-state index contributed by atoms with van der Waals surface area (Å²) in [4.78, 5) is 0. The van der Waals surface area contributed by atoms with Crippen LogP contribution in [0.1, 0.15) is 57.6 Å². The molecule has 1 unspecified atom stereocenters. The lowest BCUT2D eigenvalue weighted by molar-refractivity contribution is 0.0431. The normalized spacial score (nSPS) is 26.6. The van der Waals surface area contributed by atoms with Crippen molar-refractivity contribution < 1.29 is 4.74 Å². The molecule has 0 saturated carbocycles. The van der Waals surface area contributed by atoms with Gasteiger partial charge in [0.05, 0.1) is 0 Å². The summed E-state index contributed by atoms with van der Waals surface area (Å²) in [7, 11) is 0. The maximum Gasteiger partial charge on any atom is 0.124 e. The molecule has 2 rings (SSSR count). The van der Waals surface area contributed by atoms with Crippen molar-refractivity contribution in [3.8, 4) is 5.75 Å². The summed E-state index contributed by atoms with van der Waals surface area (Å²) in [6.07, 6.45) is 5.71. The third-order valence-corrected chi connectivity index (χ3v) is 4.18. The molecule has 0 radical (unpaired) electrons. The fourth-order valence-electron chi connectivity index (χ4n) is 2.69. The van der Waals surface area contributed by atoms with Crippen molar-refractivity contribution in [2.45, 2.75) is 57.6 Å². The van der Waals surface area contributed by atoms with Crippen molar-refractivity contribution in [1.82, 2.24) is 0 Å². The Morgan fingerprint density at radius 2 is 2.22 bits per heavy atom. The molecule has 18 heavy (non-hydrogen) atoms. The van der Waals surface area contributed by atoms with Crippen molar-refractivity contribution in [1.29, 1.82) is 0 Å². The van der Waals surface area contributed by atoms with Crippen molar-refractivity contribution in [2.75, 3.05) is 0 Å². The average molecular weight is 312 g/mol. The predicted octanol–water partition coefficient (Wildman–Crippen LogP) is 4.57. The van der Waals surface area contributed by atoms with Gasteiger partial charge in [0.2, 0.25) is 0 Å². The second-order valence-electron chi connectivity index (χ2n) is 5.50. The molecular formula is C15H22BrNO. The largest absolute Gasteiger partial charge is 0.487 e. The number of ether oxygens (including phenoxy) is 1. The molecule has 0 aromatic heterocycles. The highest BCUT2D eigenvalue weighted by molar-refractivity contribution is 9.10.